The monoisotopic (exact) mass is 537 g/mol. The molecule has 5 aromatic rings. The second-order valence-corrected chi connectivity index (χ2v) is 11.8. The second kappa shape index (κ2) is 10.6. The first-order chi connectivity index (χ1) is 18.6. The van der Waals surface area contributed by atoms with Gasteiger partial charge < -0.3 is 5.32 Å². The third kappa shape index (κ3) is 4.68. The lowest BCUT2D eigenvalue weighted by Gasteiger charge is -2.22. The van der Waals surface area contributed by atoms with Crippen LogP contribution in [0.4, 0.5) is 0 Å². The Labute approximate surface area is 229 Å². The summed E-state index contributed by atoms with van der Waals surface area (Å²) in [6.07, 6.45) is 3.01. The third-order valence-corrected chi connectivity index (χ3v) is 9.16. The van der Waals surface area contributed by atoms with Gasteiger partial charge in [0, 0.05) is 4.88 Å². The van der Waals surface area contributed by atoms with Crippen LogP contribution in [0.15, 0.2) is 101 Å². The highest BCUT2D eigenvalue weighted by Crippen LogP contribution is 2.36. The minimum Gasteiger partial charge on any atom is -0.344 e. The molecule has 0 saturated carbocycles. The summed E-state index contributed by atoms with van der Waals surface area (Å²) in [4.78, 5) is 34.5. The van der Waals surface area contributed by atoms with Gasteiger partial charge in [0.15, 0.2) is 5.16 Å². The van der Waals surface area contributed by atoms with Crippen LogP contribution in [0.1, 0.15) is 41.0 Å². The van der Waals surface area contributed by atoms with Gasteiger partial charge in [0.2, 0.25) is 5.91 Å². The van der Waals surface area contributed by atoms with Gasteiger partial charge in [0.05, 0.1) is 22.4 Å². The number of aromatic nitrogens is 2. The van der Waals surface area contributed by atoms with Crippen molar-refractivity contribution in [3.05, 3.63) is 123 Å². The van der Waals surface area contributed by atoms with E-state index in [1.165, 1.54) is 16.6 Å². The Balaban J connectivity index is 1.35. The van der Waals surface area contributed by atoms with Gasteiger partial charge in [0.1, 0.15) is 4.83 Å². The fourth-order valence-corrected chi connectivity index (χ4v) is 7.27. The topological polar surface area (TPSA) is 64.0 Å². The summed E-state index contributed by atoms with van der Waals surface area (Å²) in [5.41, 5.74) is 3.88. The fourth-order valence-electron chi connectivity index (χ4n) is 5.03. The van der Waals surface area contributed by atoms with E-state index in [0.29, 0.717) is 5.16 Å². The number of thioether (sulfide) groups is 1. The highest BCUT2D eigenvalue weighted by atomic mass is 32.2. The number of carbonyl (C=O) groups is 1. The number of para-hydroxylation sites is 1. The summed E-state index contributed by atoms with van der Waals surface area (Å²) < 4.78 is 1.67. The zero-order valence-electron chi connectivity index (χ0n) is 21.0. The molecule has 0 spiro atoms. The lowest BCUT2D eigenvalue weighted by molar-refractivity contribution is -0.120. The van der Waals surface area contributed by atoms with Crippen LogP contribution in [-0.4, -0.2) is 20.7 Å². The van der Waals surface area contributed by atoms with Crippen LogP contribution in [0, 0.1) is 0 Å². The normalized spacial score (nSPS) is 13.5. The predicted octanol–water partition coefficient (Wildman–Crippen LogP) is 6.32. The molecule has 1 aliphatic rings. The maximum absolute atomic E-state index is 13.9. The summed E-state index contributed by atoms with van der Waals surface area (Å²) in [5, 5.41) is 4.04. The Kier molecular flexibility index (Phi) is 6.87. The maximum Gasteiger partial charge on any atom is 0.267 e. The van der Waals surface area contributed by atoms with Crippen LogP contribution in [0.3, 0.4) is 0 Å². The Hall–Kier alpha value is -3.68. The number of nitrogens with one attached hydrogen (secondary N) is 1. The molecule has 6 rings (SSSR count). The molecular formula is C31H27N3O2S2. The number of hydrogen-bond donors (Lipinski definition) is 1. The standard InChI is InChI=1S/C31H27N3O2S2/c1-20(28(35)32-27(21-12-5-2-6-13-21)22-14-7-3-8-15-22)37-31-33-29-26(24-18-11-19-25(24)38-29)30(36)34(31)23-16-9-4-10-17-23/h2-10,12-17,20,27H,11,18-19H2,1H3,(H,32,35)/t20-/m1/s1. The molecule has 7 heteroatoms. The number of benzene rings is 3. The molecule has 38 heavy (non-hydrogen) atoms. The highest BCUT2D eigenvalue weighted by Gasteiger charge is 2.27. The number of fused-ring (bicyclic) bond motifs is 3. The van der Waals surface area contributed by atoms with Gasteiger partial charge in [-0.15, -0.1) is 11.3 Å². The molecule has 190 valence electrons. The summed E-state index contributed by atoms with van der Waals surface area (Å²) in [6, 6.07) is 29.2. The zero-order valence-corrected chi connectivity index (χ0v) is 22.6. The lowest BCUT2D eigenvalue weighted by atomic mass is 9.98. The van der Waals surface area contributed by atoms with Gasteiger partial charge in [0.25, 0.3) is 5.56 Å². The van der Waals surface area contributed by atoms with Crippen molar-refractivity contribution in [2.45, 2.75) is 42.6 Å². The predicted molar refractivity (Wildman–Crippen MR) is 155 cm³/mol. The Bertz CT molecular complexity index is 1610. The van der Waals surface area contributed by atoms with Gasteiger partial charge in [-0.1, -0.05) is 90.6 Å². The van der Waals surface area contributed by atoms with Crippen molar-refractivity contribution in [1.29, 1.82) is 0 Å². The smallest absolute Gasteiger partial charge is 0.267 e. The van der Waals surface area contributed by atoms with Crippen LogP contribution in [0.5, 0.6) is 0 Å². The molecule has 0 saturated heterocycles. The van der Waals surface area contributed by atoms with Crippen molar-refractivity contribution in [3.8, 4) is 5.69 Å². The Morgan fingerprint density at radius 3 is 2.16 bits per heavy atom. The molecule has 5 nitrogen and oxygen atoms in total. The SMILES string of the molecule is C[C@@H](Sc1nc2sc3c(c2c(=O)n1-c1ccccc1)CCC3)C(=O)NC(c1ccccc1)c1ccccc1. The van der Waals surface area contributed by atoms with Crippen molar-refractivity contribution < 1.29 is 4.79 Å². The van der Waals surface area contributed by atoms with E-state index in [1.807, 2.05) is 97.9 Å². The van der Waals surface area contributed by atoms with Crippen molar-refractivity contribution in [2.75, 3.05) is 0 Å². The van der Waals surface area contributed by atoms with Crippen LogP contribution in [0.2, 0.25) is 0 Å². The van der Waals surface area contributed by atoms with E-state index in [9.17, 15) is 9.59 Å². The van der Waals surface area contributed by atoms with E-state index < -0.39 is 5.25 Å². The average Bonchev–Trinajstić information content (AvgIpc) is 3.54. The summed E-state index contributed by atoms with van der Waals surface area (Å²) in [6.45, 7) is 1.87. The molecule has 1 aliphatic carbocycles. The molecule has 3 aromatic carbocycles. The molecule has 0 bridgehead atoms. The molecule has 0 unspecified atom stereocenters. The average molecular weight is 538 g/mol. The molecular weight excluding hydrogens is 510 g/mol. The van der Waals surface area contributed by atoms with Crippen LogP contribution < -0.4 is 10.9 Å². The number of nitrogens with zero attached hydrogens (tertiary/aromatic N) is 2. The van der Waals surface area contributed by atoms with Crippen molar-refractivity contribution in [1.82, 2.24) is 14.9 Å². The summed E-state index contributed by atoms with van der Waals surface area (Å²) in [5.74, 6) is -0.115. The maximum atomic E-state index is 13.9. The number of thiophene rings is 1. The van der Waals surface area contributed by atoms with Gasteiger partial charge in [-0.25, -0.2) is 4.98 Å². The fraction of sp³-hybridized carbons (Fsp3) is 0.194. The van der Waals surface area contributed by atoms with E-state index in [4.69, 9.17) is 4.98 Å². The van der Waals surface area contributed by atoms with E-state index in [2.05, 4.69) is 5.32 Å². The highest BCUT2D eigenvalue weighted by molar-refractivity contribution is 8.00. The molecule has 2 heterocycles. The molecule has 0 aliphatic heterocycles. The van der Waals surface area contributed by atoms with E-state index in [-0.39, 0.29) is 17.5 Å². The first kappa shape index (κ1) is 24.6. The summed E-state index contributed by atoms with van der Waals surface area (Å²) in [7, 11) is 0. The number of amides is 1. The molecule has 0 radical (unpaired) electrons. The first-order valence-corrected chi connectivity index (χ1v) is 14.5. The quantitative estimate of drug-likeness (QED) is 0.195. The molecule has 0 fully saturated rings. The minimum atomic E-state index is -0.476. The molecule has 1 N–H and O–H groups in total. The minimum absolute atomic E-state index is 0.0536. The van der Waals surface area contributed by atoms with E-state index in [0.717, 1.165) is 51.9 Å². The zero-order chi connectivity index (χ0) is 26.1. The van der Waals surface area contributed by atoms with Gasteiger partial charge >= 0.3 is 0 Å². The van der Waals surface area contributed by atoms with Crippen LogP contribution in [0.25, 0.3) is 15.9 Å². The second-order valence-electron chi connectivity index (χ2n) is 9.43. The third-order valence-electron chi connectivity index (χ3n) is 6.93. The number of aryl methyl sites for hydroxylation is 2. The lowest BCUT2D eigenvalue weighted by Crippen LogP contribution is -2.35. The Morgan fingerprint density at radius 2 is 1.53 bits per heavy atom. The summed E-state index contributed by atoms with van der Waals surface area (Å²) >= 11 is 2.94. The van der Waals surface area contributed by atoms with Crippen molar-refractivity contribution in [2.24, 2.45) is 0 Å². The van der Waals surface area contributed by atoms with Gasteiger partial charge in [-0.05, 0) is 55.0 Å². The van der Waals surface area contributed by atoms with Gasteiger partial charge in [-0.2, -0.15) is 0 Å². The molecule has 1 atom stereocenters. The Morgan fingerprint density at radius 1 is 0.921 bits per heavy atom. The first-order valence-electron chi connectivity index (χ1n) is 12.8. The van der Waals surface area contributed by atoms with Crippen molar-refractivity contribution in [3.63, 3.8) is 0 Å². The van der Waals surface area contributed by atoms with E-state index in [1.54, 1.807) is 15.9 Å². The van der Waals surface area contributed by atoms with Gasteiger partial charge in [-0.3, -0.25) is 14.2 Å². The molecule has 1 amide bonds. The van der Waals surface area contributed by atoms with Crippen LogP contribution in [-0.2, 0) is 17.6 Å². The van der Waals surface area contributed by atoms with Crippen molar-refractivity contribution >= 4 is 39.2 Å². The molecule has 2 aromatic heterocycles. The van der Waals surface area contributed by atoms with Crippen LogP contribution >= 0.6 is 23.1 Å². The van der Waals surface area contributed by atoms with E-state index >= 15 is 0 Å². The number of carbonyl (C=O) groups excluding carboxylic acids is 1. The largest absolute Gasteiger partial charge is 0.344 e. The number of hydrogen-bond acceptors (Lipinski definition) is 5. The number of rotatable bonds is 7.